The minimum absolute atomic E-state index is 0.00252. The maximum atomic E-state index is 12.5. The number of imidazole rings is 1. The molecule has 2 aromatic heterocycles. The molecule has 3 aromatic rings. The van der Waals surface area contributed by atoms with Crippen LogP contribution < -0.4 is 5.32 Å². The normalized spacial score (nSPS) is 16.6. The molecule has 4 rings (SSSR count). The first-order valence-corrected chi connectivity index (χ1v) is 10.2. The molecule has 7 nitrogen and oxygen atoms in total. The van der Waals surface area contributed by atoms with Crippen LogP contribution in [0.25, 0.3) is 0 Å². The van der Waals surface area contributed by atoms with E-state index in [4.69, 9.17) is 4.98 Å². The van der Waals surface area contributed by atoms with Crippen molar-refractivity contribution in [1.29, 1.82) is 0 Å². The molecule has 152 valence electrons. The van der Waals surface area contributed by atoms with E-state index in [0.29, 0.717) is 12.2 Å². The van der Waals surface area contributed by atoms with E-state index < -0.39 is 0 Å². The molecule has 0 saturated heterocycles. The zero-order valence-electron chi connectivity index (χ0n) is 17.3. The number of fused-ring (bicyclic) bond motifs is 1. The third-order valence-electron chi connectivity index (χ3n) is 5.42. The molecule has 1 atom stereocenters. The summed E-state index contributed by atoms with van der Waals surface area (Å²) in [6.07, 6.45) is 4.88. The summed E-state index contributed by atoms with van der Waals surface area (Å²) in [5, 5.41) is 7.42. The summed E-state index contributed by atoms with van der Waals surface area (Å²) in [7, 11) is 1.95. The van der Waals surface area contributed by atoms with E-state index in [1.165, 1.54) is 11.1 Å². The van der Waals surface area contributed by atoms with Crippen molar-refractivity contribution in [2.75, 3.05) is 13.1 Å². The van der Waals surface area contributed by atoms with Crippen LogP contribution in [0.5, 0.6) is 0 Å². The Hall–Kier alpha value is -2.93. The van der Waals surface area contributed by atoms with E-state index in [2.05, 4.69) is 50.3 Å². The van der Waals surface area contributed by atoms with Crippen LogP contribution in [0.3, 0.4) is 0 Å². The van der Waals surface area contributed by atoms with Crippen molar-refractivity contribution in [3.8, 4) is 0 Å². The van der Waals surface area contributed by atoms with Crippen LogP contribution in [-0.2, 0) is 20.1 Å². The van der Waals surface area contributed by atoms with Gasteiger partial charge in [0.1, 0.15) is 11.5 Å². The number of aromatic nitrogens is 4. The molecule has 1 unspecified atom stereocenters. The molecule has 3 heterocycles. The van der Waals surface area contributed by atoms with E-state index in [-0.39, 0.29) is 11.9 Å². The molecule has 0 fully saturated rings. The molecular weight excluding hydrogens is 364 g/mol. The van der Waals surface area contributed by atoms with E-state index >= 15 is 0 Å². The monoisotopic (exact) mass is 392 g/mol. The van der Waals surface area contributed by atoms with Crippen molar-refractivity contribution >= 4 is 5.91 Å². The lowest BCUT2D eigenvalue weighted by Crippen LogP contribution is -2.38. The number of carbonyl (C=O) groups is 1. The second-order valence-electron chi connectivity index (χ2n) is 7.63. The number of amides is 1. The molecule has 1 aliphatic heterocycles. The van der Waals surface area contributed by atoms with Crippen LogP contribution in [0.1, 0.15) is 52.5 Å². The minimum Gasteiger partial charge on any atom is -0.351 e. The highest BCUT2D eigenvalue weighted by atomic mass is 16.1. The molecule has 1 aliphatic rings. The number of nitrogens with one attached hydrogen (secondary N) is 1. The predicted octanol–water partition coefficient (Wildman–Crippen LogP) is 2.67. The van der Waals surface area contributed by atoms with Crippen molar-refractivity contribution in [3.63, 3.8) is 0 Å². The number of hydrogen-bond donors (Lipinski definition) is 1. The third kappa shape index (κ3) is 3.96. The zero-order valence-corrected chi connectivity index (χ0v) is 17.3. The molecule has 0 bridgehead atoms. The van der Waals surface area contributed by atoms with Gasteiger partial charge in [-0.25, -0.2) is 4.98 Å². The van der Waals surface area contributed by atoms with Gasteiger partial charge in [-0.1, -0.05) is 37.3 Å². The van der Waals surface area contributed by atoms with Gasteiger partial charge in [-0.3, -0.25) is 14.4 Å². The Balaban J connectivity index is 1.69. The molecule has 1 N–H and O–H groups in total. The molecule has 1 amide bonds. The van der Waals surface area contributed by atoms with Crippen molar-refractivity contribution in [3.05, 3.63) is 71.1 Å². The Morgan fingerprint density at radius 1 is 1.21 bits per heavy atom. The summed E-state index contributed by atoms with van der Waals surface area (Å²) in [5.41, 5.74) is 3.94. The fourth-order valence-electron chi connectivity index (χ4n) is 3.98. The number of hydrogen-bond acceptors (Lipinski definition) is 4. The molecule has 0 saturated carbocycles. The Morgan fingerprint density at radius 3 is 2.69 bits per heavy atom. The van der Waals surface area contributed by atoms with Crippen molar-refractivity contribution in [2.24, 2.45) is 7.05 Å². The van der Waals surface area contributed by atoms with Crippen LogP contribution in [-0.4, -0.2) is 43.2 Å². The van der Waals surface area contributed by atoms with Gasteiger partial charge in [0, 0.05) is 51.2 Å². The molecule has 0 radical (unpaired) electrons. The van der Waals surface area contributed by atoms with E-state index in [9.17, 15) is 4.79 Å². The summed E-state index contributed by atoms with van der Waals surface area (Å²) in [6, 6.07) is 10.4. The van der Waals surface area contributed by atoms with Gasteiger partial charge in [0.2, 0.25) is 0 Å². The van der Waals surface area contributed by atoms with Gasteiger partial charge < -0.3 is 9.88 Å². The topological polar surface area (TPSA) is 68.0 Å². The van der Waals surface area contributed by atoms with Crippen molar-refractivity contribution in [2.45, 2.75) is 39.4 Å². The average molecular weight is 393 g/mol. The maximum Gasteiger partial charge on any atom is 0.271 e. The standard InChI is InChI=1S/C22H28N6O/c1-4-10-23-22(29)19-15-28-12-11-27(14-18-13-26(3)25-16(18)2)20(21(28)24-19)17-8-6-5-7-9-17/h5-9,13,15,20H,4,10-12,14H2,1-3H3,(H,23,29). The third-order valence-corrected chi connectivity index (χ3v) is 5.42. The fourth-order valence-corrected chi connectivity index (χ4v) is 3.98. The quantitative estimate of drug-likeness (QED) is 0.700. The van der Waals surface area contributed by atoms with Crippen molar-refractivity contribution < 1.29 is 4.79 Å². The SMILES string of the molecule is CCCNC(=O)c1cn2c(n1)C(c1ccccc1)N(Cc1cn(C)nc1C)CC2. The summed E-state index contributed by atoms with van der Waals surface area (Å²) in [6.45, 7) is 7.24. The second-order valence-corrected chi connectivity index (χ2v) is 7.63. The molecule has 0 spiro atoms. The second kappa shape index (κ2) is 8.21. The van der Waals surface area contributed by atoms with E-state index in [0.717, 1.165) is 37.6 Å². The number of aryl methyl sites for hydroxylation is 2. The highest BCUT2D eigenvalue weighted by molar-refractivity contribution is 5.92. The minimum atomic E-state index is -0.102. The summed E-state index contributed by atoms with van der Waals surface area (Å²) in [5.74, 6) is 0.820. The lowest BCUT2D eigenvalue weighted by molar-refractivity contribution is 0.0949. The number of rotatable bonds is 6. The van der Waals surface area contributed by atoms with Gasteiger partial charge in [0.05, 0.1) is 11.7 Å². The van der Waals surface area contributed by atoms with Crippen molar-refractivity contribution in [1.82, 2.24) is 29.5 Å². The lowest BCUT2D eigenvalue weighted by atomic mass is 10.0. The molecular formula is C22H28N6O. The zero-order chi connectivity index (χ0) is 20.4. The maximum absolute atomic E-state index is 12.5. The highest BCUT2D eigenvalue weighted by Crippen LogP contribution is 2.33. The van der Waals surface area contributed by atoms with Crippen LogP contribution in [0, 0.1) is 6.92 Å². The van der Waals surface area contributed by atoms with E-state index in [1.54, 1.807) is 0 Å². The summed E-state index contributed by atoms with van der Waals surface area (Å²) < 4.78 is 3.99. The van der Waals surface area contributed by atoms with Gasteiger partial charge in [-0.05, 0) is 18.9 Å². The van der Waals surface area contributed by atoms with Gasteiger partial charge in [-0.2, -0.15) is 5.10 Å². The number of nitrogens with zero attached hydrogens (tertiary/aromatic N) is 5. The summed E-state index contributed by atoms with van der Waals surface area (Å²) >= 11 is 0. The molecule has 29 heavy (non-hydrogen) atoms. The Labute approximate surface area is 171 Å². The molecule has 0 aliphatic carbocycles. The van der Waals surface area contributed by atoms with Crippen LogP contribution >= 0.6 is 0 Å². The van der Waals surface area contributed by atoms with Crippen LogP contribution in [0.4, 0.5) is 0 Å². The van der Waals surface area contributed by atoms with Gasteiger partial charge in [-0.15, -0.1) is 0 Å². The lowest BCUT2D eigenvalue weighted by Gasteiger charge is -2.36. The Bertz CT molecular complexity index is 990. The first kappa shape index (κ1) is 19.4. The number of carbonyl (C=O) groups excluding carboxylic acids is 1. The highest BCUT2D eigenvalue weighted by Gasteiger charge is 2.32. The van der Waals surface area contributed by atoms with Crippen LogP contribution in [0.15, 0.2) is 42.7 Å². The number of benzene rings is 1. The van der Waals surface area contributed by atoms with Crippen LogP contribution in [0.2, 0.25) is 0 Å². The largest absolute Gasteiger partial charge is 0.351 e. The van der Waals surface area contributed by atoms with E-state index in [1.807, 2.05) is 37.8 Å². The first-order valence-electron chi connectivity index (χ1n) is 10.2. The Kier molecular flexibility index (Phi) is 5.49. The van der Waals surface area contributed by atoms with Gasteiger partial charge in [0.25, 0.3) is 5.91 Å². The average Bonchev–Trinajstić information content (AvgIpc) is 3.29. The smallest absolute Gasteiger partial charge is 0.271 e. The molecule has 1 aromatic carbocycles. The summed E-state index contributed by atoms with van der Waals surface area (Å²) in [4.78, 5) is 19.7. The first-order chi connectivity index (χ1) is 14.1. The fraction of sp³-hybridized carbons (Fsp3) is 0.409. The van der Waals surface area contributed by atoms with Gasteiger partial charge in [0.15, 0.2) is 0 Å². The predicted molar refractivity (Wildman–Crippen MR) is 111 cm³/mol. The molecule has 7 heteroatoms. The van der Waals surface area contributed by atoms with Gasteiger partial charge >= 0.3 is 0 Å². The Morgan fingerprint density at radius 2 is 2.00 bits per heavy atom.